The Morgan fingerprint density at radius 3 is 3.21 bits per heavy atom. The molecule has 1 fully saturated rings. The van der Waals surface area contributed by atoms with Crippen molar-refractivity contribution in [1.82, 2.24) is 20.3 Å². The normalized spacial score (nSPS) is 27.1. The van der Waals surface area contributed by atoms with Gasteiger partial charge in [0.25, 0.3) is 0 Å². The highest BCUT2D eigenvalue weighted by Gasteiger charge is 2.24. The topological polar surface area (TPSA) is 66.5 Å². The number of nitrogens with zero attached hydrogens (tertiary/aromatic N) is 4. The van der Waals surface area contributed by atoms with E-state index in [4.69, 9.17) is 5.26 Å². The second-order valence-corrected chi connectivity index (χ2v) is 3.67. The Kier molecular flexibility index (Phi) is 2.46. The Bertz CT molecular complexity index is 350. The standard InChI is InChI=1S/C9H13N5/c1-14-6-9(12-13-14)8-4-7(5-10)2-3-11-8/h6-8,11H,2-4H2,1H3/t7?,8-/m0/s1. The van der Waals surface area contributed by atoms with Crippen LogP contribution in [0.4, 0.5) is 0 Å². The van der Waals surface area contributed by atoms with Crippen LogP contribution in [0.25, 0.3) is 0 Å². The minimum Gasteiger partial charge on any atom is -0.308 e. The van der Waals surface area contributed by atoms with Gasteiger partial charge in [0, 0.05) is 19.2 Å². The average molecular weight is 191 g/mol. The van der Waals surface area contributed by atoms with Gasteiger partial charge < -0.3 is 5.32 Å². The van der Waals surface area contributed by atoms with Crippen LogP contribution in [0.5, 0.6) is 0 Å². The number of hydrogen-bond acceptors (Lipinski definition) is 4. The molecule has 0 amide bonds. The lowest BCUT2D eigenvalue weighted by Gasteiger charge is -2.24. The average Bonchev–Trinajstić information content (AvgIpc) is 2.65. The molecule has 0 radical (unpaired) electrons. The molecule has 2 rings (SSSR count). The summed E-state index contributed by atoms with van der Waals surface area (Å²) >= 11 is 0. The minimum absolute atomic E-state index is 0.156. The van der Waals surface area contributed by atoms with Crippen LogP contribution >= 0.6 is 0 Å². The fourth-order valence-corrected chi connectivity index (χ4v) is 1.78. The van der Waals surface area contributed by atoms with E-state index in [1.165, 1.54) is 0 Å². The maximum Gasteiger partial charge on any atom is 0.0996 e. The van der Waals surface area contributed by atoms with Crippen LogP contribution in [0.15, 0.2) is 6.20 Å². The van der Waals surface area contributed by atoms with Crippen molar-refractivity contribution in [2.24, 2.45) is 13.0 Å². The van der Waals surface area contributed by atoms with Gasteiger partial charge in [-0.1, -0.05) is 5.21 Å². The summed E-state index contributed by atoms with van der Waals surface area (Å²) in [4.78, 5) is 0. The predicted octanol–water partition coefficient (Wildman–Crippen LogP) is 0.379. The third kappa shape index (κ3) is 1.75. The zero-order valence-corrected chi connectivity index (χ0v) is 8.14. The first-order chi connectivity index (χ1) is 6.79. The van der Waals surface area contributed by atoms with E-state index in [-0.39, 0.29) is 12.0 Å². The monoisotopic (exact) mass is 191 g/mol. The van der Waals surface area contributed by atoms with Gasteiger partial charge in [-0.05, 0) is 19.4 Å². The van der Waals surface area contributed by atoms with Crippen LogP contribution in [-0.2, 0) is 7.05 Å². The summed E-state index contributed by atoms with van der Waals surface area (Å²) in [7, 11) is 1.85. The molecule has 0 bridgehead atoms. The SMILES string of the molecule is Cn1cc([C@@H]2CC(C#N)CCN2)nn1. The highest BCUT2D eigenvalue weighted by molar-refractivity contribution is 5.04. The maximum absolute atomic E-state index is 8.84. The first kappa shape index (κ1) is 9.16. The third-order valence-corrected chi connectivity index (χ3v) is 2.56. The van der Waals surface area contributed by atoms with E-state index in [9.17, 15) is 0 Å². The van der Waals surface area contributed by atoms with E-state index in [2.05, 4.69) is 21.7 Å². The van der Waals surface area contributed by atoms with Gasteiger partial charge in [0.15, 0.2) is 0 Å². The molecule has 1 aromatic rings. The smallest absolute Gasteiger partial charge is 0.0996 e. The molecule has 0 spiro atoms. The summed E-state index contributed by atoms with van der Waals surface area (Å²) in [6, 6.07) is 2.51. The summed E-state index contributed by atoms with van der Waals surface area (Å²) in [5.74, 6) is 0.156. The zero-order valence-electron chi connectivity index (χ0n) is 8.14. The molecule has 74 valence electrons. The molecule has 1 saturated heterocycles. The predicted molar refractivity (Wildman–Crippen MR) is 50.1 cm³/mol. The molecular formula is C9H13N5. The fourth-order valence-electron chi connectivity index (χ4n) is 1.78. The first-order valence-corrected chi connectivity index (χ1v) is 4.79. The highest BCUT2D eigenvalue weighted by Crippen LogP contribution is 2.24. The number of nitriles is 1. The molecule has 1 aliphatic heterocycles. The van der Waals surface area contributed by atoms with Gasteiger partial charge in [0.1, 0.15) is 0 Å². The summed E-state index contributed by atoms with van der Waals surface area (Å²) in [6.07, 6.45) is 3.68. The number of rotatable bonds is 1. The van der Waals surface area contributed by atoms with Crippen LogP contribution in [0.1, 0.15) is 24.6 Å². The molecule has 14 heavy (non-hydrogen) atoms. The summed E-state index contributed by atoms with van der Waals surface area (Å²) < 4.78 is 1.69. The van der Waals surface area contributed by atoms with Gasteiger partial charge in [-0.25, -0.2) is 0 Å². The van der Waals surface area contributed by atoms with E-state index in [0.29, 0.717) is 0 Å². The molecule has 1 aliphatic rings. The van der Waals surface area contributed by atoms with Crippen molar-refractivity contribution in [1.29, 1.82) is 5.26 Å². The van der Waals surface area contributed by atoms with Crippen molar-refractivity contribution in [3.05, 3.63) is 11.9 Å². The maximum atomic E-state index is 8.84. The first-order valence-electron chi connectivity index (χ1n) is 4.79. The lowest BCUT2D eigenvalue weighted by molar-refractivity contribution is 0.351. The Labute approximate surface area is 82.7 Å². The molecular weight excluding hydrogens is 178 g/mol. The van der Waals surface area contributed by atoms with Crippen LogP contribution in [-0.4, -0.2) is 21.5 Å². The van der Waals surface area contributed by atoms with Crippen LogP contribution < -0.4 is 5.32 Å². The summed E-state index contributed by atoms with van der Waals surface area (Å²) in [6.45, 7) is 0.888. The Hall–Kier alpha value is -1.41. The molecule has 0 aromatic carbocycles. The number of piperidine rings is 1. The van der Waals surface area contributed by atoms with E-state index in [0.717, 1.165) is 25.1 Å². The third-order valence-electron chi connectivity index (χ3n) is 2.56. The number of hydrogen-bond donors (Lipinski definition) is 1. The lowest BCUT2D eigenvalue weighted by atomic mass is 9.92. The van der Waals surface area contributed by atoms with Crippen LogP contribution in [0.3, 0.4) is 0 Å². The van der Waals surface area contributed by atoms with Crippen molar-refractivity contribution < 1.29 is 0 Å². The number of aromatic nitrogens is 3. The van der Waals surface area contributed by atoms with Gasteiger partial charge in [0.05, 0.1) is 17.8 Å². The van der Waals surface area contributed by atoms with E-state index < -0.39 is 0 Å². The van der Waals surface area contributed by atoms with Gasteiger partial charge in [-0.3, -0.25) is 4.68 Å². The van der Waals surface area contributed by atoms with E-state index >= 15 is 0 Å². The Morgan fingerprint density at radius 2 is 2.57 bits per heavy atom. The second kappa shape index (κ2) is 3.76. The fraction of sp³-hybridized carbons (Fsp3) is 0.667. The Balaban J connectivity index is 2.08. The molecule has 1 aromatic heterocycles. The second-order valence-electron chi connectivity index (χ2n) is 3.67. The lowest BCUT2D eigenvalue weighted by Crippen LogP contribution is -2.31. The number of aryl methyl sites for hydroxylation is 1. The van der Waals surface area contributed by atoms with E-state index in [1.54, 1.807) is 4.68 Å². The van der Waals surface area contributed by atoms with Crippen molar-refractivity contribution in [3.8, 4) is 6.07 Å². The van der Waals surface area contributed by atoms with Gasteiger partial charge >= 0.3 is 0 Å². The van der Waals surface area contributed by atoms with Crippen LogP contribution in [0.2, 0.25) is 0 Å². The summed E-state index contributed by atoms with van der Waals surface area (Å²) in [5, 5.41) is 20.1. The van der Waals surface area contributed by atoms with Crippen molar-refractivity contribution >= 4 is 0 Å². The largest absolute Gasteiger partial charge is 0.308 e. The van der Waals surface area contributed by atoms with Gasteiger partial charge in [-0.15, -0.1) is 5.10 Å². The highest BCUT2D eigenvalue weighted by atomic mass is 15.4. The van der Waals surface area contributed by atoms with Gasteiger partial charge in [0.2, 0.25) is 0 Å². The Morgan fingerprint density at radius 1 is 1.71 bits per heavy atom. The molecule has 2 heterocycles. The molecule has 0 saturated carbocycles. The molecule has 2 atom stereocenters. The molecule has 0 aliphatic carbocycles. The summed E-state index contributed by atoms with van der Waals surface area (Å²) in [5.41, 5.74) is 0.937. The van der Waals surface area contributed by atoms with E-state index in [1.807, 2.05) is 13.2 Å². The van der Waals surface area contributed by atoms with Crippen molar-refractivity contribution in [3.63, 3.8) is 0 Å². The number of nitrogens with one attached hydrogen (secondary N) is 1. The zero-order chi connectivity index (χ0) is 9.97. The molecule has 5 heteroatoms. The molecule has 1 unspecified atom stereocenters. The quantitative estimate of drug-likeness (QED) is 0.696. The molecule has 1 N–H and O–H groups in total. The minimum atomic E-state index is 0.156. The van der Waals surface area contributed by atoms with Crippen molar-refractivity contribution in [2.45, 2.75) is 18.9 Å². The van der Waals surface area contributed by atoms with Crippen molar-refractivity contribution in [2.75, 3.05) is 6.54 Å². The van der Waals surface area contributed by atoms with Gasteiger partial charge in [-0.2, -0.15) is 5.26 Å². The van der Waals surface area contributed by atoms with Crippen LogP contribution in [0, 0.1) is 17.2 Å². The molecule has 5 nitrogen and oxygen atoms in total.